The summed E-state index contributed by atoms with van der Waals surface area (Å²) >= 11 is 0. The third-order valence-electron chi connectivity index (χ3n) is 5.32. The van der Waals surface area contributed by atoms with Crippen molar-refractivity contribution in [1.29, 1.82) is 0 Å². The van der Waals surface area contributed by atoms with Crippen LogP contribution in [0.5, 0.6) is 0 Å². The summed E-state index contributed by atoms with van der Waals surface area (Å²) < 4.78 is 0. The molecule has 1 nitrogen and oxygen atoms in total. The smallest absolute Gasteiger partial charge is 0.0100 e. The van der Waals surface area contributed by atoms with Crippen molar-refractivity contribution >= 4 is 0 Å². The van der Waals surface area contributed by atoms with Crippen LogP contribution in [0.1, 0.15) is 78.6 Å². The zero-order valence-corrected chi connectivity index (χ0v) is 12.8. The van der Waals surface area contributed by atoms with E-state index in [1.807, 2.05) is 0 Å². The Kier molecular flexibility index (Phi) is 5.12. The van der Waals surface area contributed by atoms with Gasteiger partial charge in [-0.1, -0.05) is 46.5 Å². The molecule has 2 atom stereocenters. The molecule has 0 amide bonds. The molecule has 2 saturated carbocycles. The number of nitrogens with one attached hydrogen (secondary N) is 1. The van der Waals surface area contributed by atoms with E-state index in [0.29, 0.717) is 5.41 Å². The van der Waals surface area contributed by atoms with Crippen LogP contribution < -0.4 is 5.32 Å². The number of hydrogen-bond acceptors (Lipinski definition) is 1. The topological polar surface area (TPSA) is 12.0 Å². The Balaban J connectivity index is 1.90. The lowest BCUT2D eigenvalue weighted by Crippen LogP contribution is -2.45. The molecule has 1 heteroatoms. The quantitative estimate of drug-likeness (QED) is 0.688. The molecule has 0 saturated heterocycles. The van der Waals surface area contributed by atoms with Crippen molar-refractivity contribution < 1.29 is 0 Å². The van der Waals surface area contributed by atoms with Gasteiger partial charge in [-0.3, -0.25) is 0 Å². The molecule has 0 aromatic heterocycles. The monoisotopic (exact) mass is 251 g/mol. The number of rotatable bonds is 7. The lowest BCUT2D eigenvalue weighted by molar-refractivity contribution is 0.0932. The molecule has 0 radical (unpaired) electrons. The molecule has 2 rings (SSSR count). The maximum atomic E-state index is 3.88. The molecular weight excluding hydrogens is 218 g/mol. The summed E-state index contributed by atoms with van der Waals surface area (Å²) in [5.74, 6) is 2.00. The third kappa shape index (κ3) is 3.98. The fourth-order valence-corrected chi connectivity index (χ4v) is 3.86. The highest BCUT2D eigenvalue weighted by Crippen LogP contribution is 2.44. The van der Waals surface area contributed by atoms with Gasteiger partial charge >= 0.3 is 0 Å². The van der Waals surface area contributed by atoms with Crippen molar-refractivity contribution in [1.82, 2.24) is 5.32 Å². The lowest BCUT2D eigenvalue weighted by atomic mass is 9.65. The standard InChI is InChI=1S/C17H33N/c1-4-13-18-16(11-10-14-8-9-14)15-7-5-6-12-17(15,2)3/h14-16,18H,4-13H2,1-3H3. The molecular formula is C17H33N. The molecule has 2 aliphatic carbocycles. The SMILES string of the molecule is CCCNC(CCC1CC1)C1CCCCC1(C)C. The van der Waals surface area contributed by atoms with Crippen LogP contribution in [-0.2, 0) is 0 Å². The van der Waals surface area contributed by atoms with Gasteiger partial charge in [0.25, 0.3) is 0 Å². The van der Waals surface area contributed by atoms with Gasteiger partial charge in [-0.25, -0.2) is 0 Å². The van der Waals surface area contributed by atoms with Crippen molar-refractivity contribution in [3.8, 4) is 0 Å². The highest BCUT2D eigenvalue weighted by molar-refractivity contribution is 4.91. The molecule has 0 aliphatic heterocycles. The van der Waals surface area contributed by atoms with Crippen LogP contribution in [0.15, 0.2) is 0 Å². The maximum absolute atomic E-state index is 3.88. The Hall–Kier alpha value is -0.0400. The van der Waals surface area contributed by atoms with E-state index in [0.717, 1.165) is 17.9 Å². The zero-order valence-electron chi connectivity index (χ0n) is 12.8. The molecule has 0 bridgehead atoms. The van der Waals surface area contributed by atoms with Crippen LogP contribution in [0.3, 0.4) is 0 Å². The minimum absolute atomic E-state index is 0.563. The summed E-state index contributed by atoms with van der Waals surface area (Å²) in [4.78, 5) is 0. The van der Waals surface area contributed by atoms with Crippen LogP contribution in [0.4, 0.5) is 0 Å². The Labute approximate surface area is 114 Å². The van der Waals surface area contributed by atoms with Gasteiger partial charge in [0, 0.05) is 6.04 Å². The van der Waals surface area contributed by atoms with E-state index in [4.69, 9.17) is 0 Å². The summed E-state index contributed by atoms with van der Waals surface area (Å²) in [6, 6.07) is 0.792. The lowest BCUT2D eigenvalue weighted by Gasteiger charge is -2.44. The van der Waals surface area contributed by atoms with E-state index < -0.39 is 0 Å². The first-order chi connectivity index (χ1) is 8.63. The van der Waals surface area contributed by atoms with Crippen molar-refractivity contribution in [2.75, 3.05) is 6.54 Å². The Morgan fingerprint density at radius 2 is 1.94 bits per heavy atom. The highest BCUT2D eigenvalue weighted by Gasteiger charge is 2.37. The van der Waals surface area contributed by atoms with Gasteiger partial charge in [-0.15, -0.1) is 0 Å². The molecule has 0 spiro atoms. The summed E-state index contributed by atoms with van der Waals surface area (Å²) in [5.41, 5.74) is 0.563. The van der Waals surface area contributed by atoms with Crippen molar-refractivity contribution in [3.63, 3.8) is 0 Å². The van der Waals surface area contributed by atoms with Crippen LogP contribution in [-0.4, -0.2) is 12.6 Å². The van der Waals surface area contributed by atoms with Gasteiger partial charge in [-0.05, 0) is 55.9 Å². The third-order valence-corrected chi connectivity index (χ3v) is 5.32. The fraction of sp³-hybridized carbons (Fsp3) is 1.00. The molecule has 1 N–H and O–H groups in total. The predicted octanol–water partition coefficient (Wildman–Crippen LogP) is 4.76. The van der Waals surface area contributed by atoms with E-state index in [2.05, 4.69) is 26.1 Å². The van der Waals surface area contributed by atoms with Gasteiger partial charge < -0.3 is 5.32 Å². The van der Waals surface area contributed by atoms with Crippen LogP contribution in [0.2, 0.25) is 0 Å². The van der Waals surface area contributed by atoms with E-state index in [9.17, 15) is 0 Å². The first kappa shape index (κ1) is 14.4. The largest absolute Gasteiger partial charge is 0.314 e. The minimum atomic E-state index is 0.563. The zero-order chi connectivity index (χ0) is 13.0. The van der Waals surface area contributed by atoms with Gasteiger partial charge in [0.05, 0.1) is 0 Å². The molecule has 2 unspecified atom stereocenters. The molecule has 0 aromatic rings. The van der Waals surface area contributed by atoms with Crippen LogP contribution >= 0.6 is 0 Å². The first-order valence-corrected chi connectivity index (χ1v) is 8.37. The Morgan fingerprint density at radius 1 is 1.17 bits per heavy atom. The van der Waals surface area contributed by atoms with Crippen LogP contribution in [0, 0.1) is 17.3 Å². The summed E-state index contributed by atoms with van der Waals surface area (Å²) in [5, 5.41) is 3.88. The second-order valence-electron chi connectivity index (χ2n) is 7.42. The van der Waals surface area contributed by atoms with Gasteiger partial charge in [0.15, 0.2) is 0 Å². The summed E-state index contributed by atoms with van der Waals surface area (Å²) in [6.07, 6.45) is 13.0. The van der Waals surface area contributed by atoms with Crippen molar-refractivity contribution in [2.24, 2.45) is 17.3 Å². The van der Waals surface area contributed by atoms with Gasteiger partial charge in [0.2, 0.25) is 0 Å². The molecule has 18 heavy (non-hydrogen) atoms. The molecule has 106 valence electrons. The van der Waals surface area contributed by atoms with Gasteiger partial charge in [-0.2, -0.15) is 0 Å². The van der Waals surface area contributed by atoms with Gasteiger partial charge in [0.1, 0.15) is 0 Å². The second-order valence-corrected chi connectivity index (χ2v) is 7.42. The first-order valence-electron chi connectivity index (χ1n) is 8.37. The van der Waals surface area contributed by atoms with E-state index in [-0.39, 0.29) is 0 Å². The second kappa shape index (κ2) is 6.41. The fourth-order valence-electron chi connectivity index (χ4n) is 3.86. The minimum Gasteiger partial charge on any atom is -0.314 e. The van der Waals surface area contributed by atoms with Crippen molar-refractivity contribution in [3.05, 3.63) is 0 Å². The molecule has 0 heterocycles. The van der Waals surface area contributed by atoms with Crippen LogP contribution in [0.25, 0.3) is 0 Å². The predicted molar refractivity (Wildman–Crippen MR) is 79.8 cm³/mol. The van der Waals surface area contributed by atoms with Crippen molar-refractivity contribution in [2.45, 2.75) is 84.6 Å². The number of hydrogen-bond donors (Lipinski definition) is 1. The molecule has 2 fully saturated rings. The molecule has 2 aliphatic rings. The normalized spacial score (nSPS) is 29.2. The maximum Gasteiger partial charge on any atom is 0.0100 e. The van der Waals surface area contributed by atoms with E-state index >= 15 is 0 Å². The highest BCUT2D eigenvalue weighted by atomic mass is 14.9. The summed E-state index contributed by atoms with van der Waals surface area (Å²) in [6.45, 7) is 8.52. The summed E-state index contributed by atoms with van der Waals surface area (Å²) in [7, 11) is 0. The Morgan fingerprint density at radius 3 is 2.56 bits per heavy atom. The Bertz CT molecular complexity index is 242. The molecule has 0 aromatic carbocycles. The average Bonchev–Trinajstić information content (AvgIpc) is 3.14. The van der Waals surface area contributed by atoms with E-state index in [1.54, 1.807) is 0 Å². The average molecular weight is 251 g/mol. The van der Waals surface area contributed by atoms with E-state index in [1.165, 1.54) is 64.3 Å².